The molecule has 2 aromatic rings. The molecular weight excluding hydrogens is 410 g/mol. The molecule has 0 spiro atoms. The molecule has 4 heterocycles. The molecular formula is C28H35N3O2. The molecule has 1 aromatic heterocycles. The standard InChI is InChI=1S/C28H35N3O2/c1-20-15-23-19-31(13-9-25(23)29-18-20)27(32)28-10-14-33-26(28)16-24(17-28)30-11-7-22(8-12-30)21-5-3-2-4-6-21/h2-6,15,18,22,24,26H,7-14,16-17,19H2,1H3/t24-,26-,28-/m1/s1. The van der Waals surface area contributed by atoms with Crippen LogP contribution in [0.2, 0.25) is 0 Å². The van der Waals surface area contributed by atoms with Gasteiger partial charge in [-0.3, -0.25) is 9.78 Å². The number of carbonyl (C=O) groups excluding carboxylic acids is 1. The zero-order valence-corrected chi connectivity index (χ0v) is 19.7. The van der Waals surface area contributed by atoms with Gasteiger partial charge >= 0.3 is 0 Å². The van der Waals surface area contributed by atoms with Crippen molar-refractivity contribution < 1.29 is 9.53 Å². The van der Waals surface area contributed by atoms with Crippen LogP contribution in [0, 0.1) is 12.3 Å². The van der Waals surface area contributed by atoms with Crippen LogP contribution in [0.3, 0.4) is 0 Å². The fourth-order valence-electron chi connectivity index (χ4n) is 6.95. The third kappa shape index (κ3) is 3.79. The average Bonchev–Trinajstić information content (AvgIpc) is 3.42. The van der Waals surface area contributed by atoms with Gasteiger partial charge in [-0.05, 0) is 74.7 Å². The van der Waals surface area contributed by atoms with Gasteiger partial charge in [0, 0.05) is 44.0 Å². The van der Waals surface area contributed by atoms with Gasteiger partial charge in [-0.1, -0.05) is 36.4 Å². The van der Waals surface area contributed by atoms with E-state index in [1.54, 1.807) is 0 Å². The molecule has 1 aromatic carbocycles. The second-order valence-corrected chi connectivity index (χ2v) is 10.7. The van der Waals surface area contributed by atoms with E-state index in [-0.39, 0.29) is 11.5 Å². The smallest absolute Gasteiger partial charge is 0.231 e. The predicted molar refractivity (Wildman–Crippen MR) is 128 cm³/mol. The van der Waals surface area contributed by atoms with Crippen LogP contribution < -0.4 is 0 Å². The number of aryl methyl sites for hydroxylation is 1. The number of pyridine rings is 1. The first-order valence-corrected chi connectivity index (χ1v) is 12.8. The van der Waals surface area contributed by atoms with Crippen LogP contribution >= 0.6 is 0 Å². The Labute approximate surface area is 197 Å². The summed E-state index contributed by atoms with van der Waals surface area (Å²) in [6.07, 6.45) is 8.15. The van der Waals surface area contributed by atoms with Gasteiger partial charge in [-0.15, -0.1) is 0 Å². The van der Waals surface area contributed by atoms with Crippen LogP contribution in [-0.2, 0) is 22.5 Å². The predicted octanol–water partition coefficient (Wildman–Crippen LogP) is 4.09. The fourth-order valence-corrected chi connectivity index (χ4v) is 6.95. The fraction of sp³-hybridized carbons (Fsp3) is 0.571. The molecule has 3 aliphatic heterocycles. The number of rotatable bonds is 3. The van der Waals surface area contributed by atoms with Crippen molar-refractivity contribution in [3.63, 3.8) is 0 Å². The molecule has 0 unspecified atom stereocenters. The first-order chi connectivity index (χ1) is 16.1. The van der Waals surface area contributed by atoms with Gasteiger partial charge in [0.2, 0.25) is 5.91 Å². The Morgan fingerprint density at radius 1 is 1.15 bits per heavy atom. The SMILES string of the molecule is Cc1cnc2c(c1)CN(C(=O)[C@@]13CCO[C@@H]1C[C@@H](N1CCC(c4ccccc4)CC1)C3)CC2. The molecule has 1 aliphatic carbocycles. The minimum Gasteiger partial charge on any atom is -0.377 e. The van der Waals surface area contributed by atoms with E-state index >= 15 is 0 Å². The summed E-state index contributed by atoms with van der Waals surface area (Å²) in [5.74, 6) is 1.000. The van der Waals surface area contributed by atoms with Crippen molar-refractivity contribution in [2.45, 2.75) is 70.1 Å². The van der Waals surface area contributed by atoms with Crippen molar-refractivity contribution in [1.29, 1.82) is 0 Å². The van der Waals surface area contributed by atoms with Crippen molar-refractivity contribution in [1.82, 2.24) is 14.8 Å². The van der Waals surface area contributed by atoms with Crippen LogP contribution in [0.25, 0.3) is 0 Å². The lowest BCUT2D eigenvalue weighted by atomic mass is 9.80. The number of benzene rings is 1. The molecule has 1 saturated carbocycles. The van der Waals surface area contributed by atoms with E-state index in [0.29, 0.717) is 24.4 Å². The number of ether oxygens (including phenoxy) is 1. The summed E-state index contributed by atoms with van der Waals surface area (Å²) < 4.78 is 6.21. The van der Waals surface area contributed by atoms with Gasteiger partial charge in [0.15, 0.2) is 0 Å². The molecule has 33 heavy (non-hydrogen) atoms. The molecule has 4 aliphatic rings. The molecule has 0 radical (unpaired) electrons. The molecule has 6 rings (SSSR count). The van der Waals surface area contributed by atoms with E-state index in [1.807, 2.05) is 6.20 Å². The van der Waals surface area contributed by atoms with Crippen molar-refractivity contribution in [3.8, 4) is 0 Å². The third-order valence-corrected chi connectivity index (χ3v) is 8.78. The highest BCUT2D eigenvalue weighted by molar-refractivity contribution is 5.84. The Hall–Kier alpha value is -2.24. The lowest BCUT2D eigenvalue weighted by molar-refractivity contribution is -0.145. The Morgan fingerprint density at radius 3 is 2.79 bits per heavy atom. The van der Waals surface area contributed by atoms with Crippen molar-refractivity contribution in [3.05, 3.63) is 65.0 Å². The topological polar surface area (TPSA) is 45.7 Å². The maximum absolute atomic E-state index is 14.0. The van der Waals surface area contributed by atoms with Crippen LogP contribution in [0.15, 0.2) is 42.6 Å². The summed E-state index contributed by atoms with van der Waals surface area (Å²) in [7, 11) is 0. The number of piperidine rings is 1. The van der Waals surface area contributed by atoms with Gasteiger partial charge in [-0.2, -0.15) is 0 Å². The molecule has 0 bridgehead atoms. The number of amides is 1. The summed E-state index contributed by atoms with van der Waals surface area (Å²) in [4.78, 5) is 23.3. The van der Waals surface area contributed by atoms with E-state index in [0.717, 1.165) is 57.6 Å². The van der Waals surface area contributed by atoms with Crippen molar-refractivity contribution in [2.75, 3.05) is 26.2 Å². The summed E-state index contributed by atoms with van der Waals surface area (Å²) in [5.41, 5.74) is 4.70. The first kappa shape index (κ1) is 21.3. The van der Waals surface area contributed by atoms with E-state index in [2.05, 4.69) is 58.1 Å². The maximum Gasteiger partial charge on any atom is 0.231 e. The van der Waals surface area contributed by atoms with Gasteiger partial charge in [0.25, 0.3) is 0 Å². The van der Waals surface area contributed by atoms with E-state index < -0.39 is 0 Å². The molecule has 0 N–H and O–H groups in total. The highest BCUT2D eigenvalue weighted by Gasteiger charge is 2.58. The quantitative estimate of drug-likeness (QED) is 0.714. The normalized spacial score (nSPS) is 30.3. The van der Waals surface area contributed by atoms with Crippen molar-refractivity contribution in [2.24, 2.45) is 5.41 Å². The van der Waals surface area contributed by atoms with Gasteiger partial charge in [0.1, 0.15) is 0 Å². The van der Waals surface area contributed by atoms with Gasteiger partial charge in [-0.25, -0.2) is 0 Å². The Morgan fingerprint density at radius 2 is 1.97 bits per heavy atom. The number of fused-ring (bicyclic) bond motifs is 2. The van der Waals surface area contributed by atoms with Gasteiger partial charge < -0.3 is 14.5 Å². The number of aromatic nitrogens is 1. The van der Waals surface area contributed by atoms with Crippen LogP contribution in [0.1, 0.15) is 60.4 Å². The maximum atomic E-state index is 14.0. The van der Waals surface area contributed by atoms with Crippen LogP contribution in [0.5, 0.6) is 0 Å². The van der Waals surface area contributed by atoms with E-state index in [9.17, 15) is 4.79 Å². The lowest BCUT2D eigenvalue weighted by Crippen LogP contribution is -2.48. The highest BCUT2D eigenvalue weighted by atomic mass is 16.5. The summed E-state index contributed by atoms with van der Waals surface area (Å²) in [6.45, 7) is 6.54. The number of hydrogen-bond acceptors (Lipinski definition) is 4. The molecule has 3 fully saturated rings. The Bertz CT molecular complexity index is 1020. The second-order valence-electron chi connectivity index (χ2n) is 10.7. The molecule has 3 atom stereocenters. The molecule has 5 nitrogen and oxygen atoms in total. The van der Waals surface area contributed by atoms with E-state index in [4.69, 9.17) is 4.74 Å². The summed E-state index contributed by atoms with van der Waals surface area (Å²) in [5, 5.41) is 0. The zero-order valence-electron chi connectivity index (χ0n) is 19.7. The number of nitrogens with zero attached hydrogens (tertiary/aromatic N) is 3. The number of carbonyl (C=O) groups is 1. The third-order valence-electron chi connectivity index (χ3n) is 8.78. The second kappa shape index (κ2) is 8.52. The lowest BCUT2D eigenvalue weighted by Gasteiger charge is -2.38. The Balaban J connectivity index is 1.14. The minimum absolute atomic E-state index is 0.0823. The first-order valence-electron chi connectivity index (χ1n) is 12.8. The van der Waals surface area contributed by atoms with Gasteiger partial charge in [0.05, 0.1) is 11.5 Å². The molecule has 1 amide bonds. The number of likely N-dealkylation sites (tertiary alicyclic amines) is 1. The Kier molecular flexibility index (Phi) is 5.50. The summed E-state index contributed by atoms with van der Waals surface area (Å²) >= 11 is 0. The average molecular weight is 446 g/mol. The van der Waals surface area contributed by atoms with Crippen LogP contribution in [0.4, 0.5) is 0 Å². The molecule has 5 heteroatoms. The summed E-state index contributed by atoms with van der Waals surface area (Å²) in [6, 6.07) is 13.6. The minimum atomic E-state index is -0.324. The molecule has 2 saturated heterocycles. The zero-order chi connectivity index (χ0) is 22.4. The molecule has 174 valence electrons. The van der Waals surface area contributed by atoms with Crippen molar-refractivity contribution >= 4 is 5.91 Å². The highest BCUT2D eigenvalue weighted by Crippen LogP contribution is 2.51. The number of hydrogen-bond donors (Lipinski definition) is 0. The van der Waals surface area contributed by atoms with E-state index in [1.165, 1.54) is 29.5 Å². The monoisotopic (exact) mass is 445 g/mol. The largest absolute Gasteiger partial charge is 0.377 e. The van der Waals surface area contributed by atoms with Crippen LogP contribution in [-0.4, -0.2) is 59.1 Å².